The van der Waals surface area contributed by atoms with Crippen molar-refractivity contribution in [2.24, 2.45) is 0 Å². The van der Waals surface area contributed by atoms with E-state index in [9.17, 15) is 0 Å². The van der Waals surface area contributed by atoms with Gasteiger partial charge in [-0.15, -0.1) is 0 Å². The van der Waals surface area contributed by atoms with Crippen LogP contribution in [0.5, 0.6) is 0 Å². The smallest absolute Gasteiger partial charge is 0.179 e. The topological polar surface area (TPSA) is 27.7 Å². The van der Waals surface area contributed by atoms with Crippen LogP contribution in [0.1, 0.15) is 6.92 Å². The van der Waals surface area contributed by atoms with Crippen LogP contribution >= 0.6 is 0 Å². The molecule has 0 aliphatic heterocycles. The molecule has 0 aromatic heterocycles. The van der Waals surface area contributed by atoms with E-state index in [4.69, 9.17) is 14.2 Å². The molecule has 0 heterocycles. The van der Waals surface area contributed by atoms with Crippen molar-refractivity contribution in [3.05, 3.63) is 11.8 Å². The summed E-state index contributed by atoms with van der Waals surface area (Å²) in [6.45, 7) is 1.84. The fraction of sp³-hybridized carbons (Fsp3) is 0.714. The molecule has 0 amide bonds. The molecule has 0 saturated heterocycles. The SMILES string of the molecule is CO/C(C)=C\C(OC)OC. The molecule has 0 bridgehead atoms. The number of hydrogen-bond acceptors (Lipinski definition) is 3. The van der Waals surface area contributed by atoms with Crippen molar-refractivity contribution < 1.29 is 14.2 Å². The second kappa shape index (κ2) is 5.26. The Bertz CT molecular complexity index is 105. The molecule has 0 rings (SSSR count). The summed E-state index contributed by atoms with van der Waals surface area (Å²) in [4.78, 5) is 0. The van der Waals surface area contributed by atoms with Crippen LogP contribution in [-0.4, -0.2) is 27.6 Å². The zero-order chi connectivity index (χ0) is 7.98. The monoisotopic (exact) mass is 146 g/mol. The van der Waals surface area contributed by atoms with E-state index in [1.807, 2.05) is 6.92 Å². The number of methoxy groups -OCH3 is 3. The Balaban J connectivity index is 3.80. The Hall–Kier alpha value is -0.540. The number of rotatable bonds is 4. The highest BCUT2D eigenvalue weighted by Crippen LogP contribution is 1.99. The molecule has 0 aromatic carbocycles. The van der Waals surface area contributed by atoms with Crippen molar-refractivity contribution >= 4 is 0 Å². The lowest BCUT2D eigenvalue weighted by atomic mass is 10.4. The minimum absolute atomic E-state index is 0.306. The van der Waals surface area contributed by atoms with Gasteiger partial charge < -0.3 is 14.2 Å². The maximum Gasteiger partial charge on any atom is 0.179 e. The lowest BCUT2D eigenvalue weighted by molar-refractivity contribution is -0.0685. The summed E-state index contributed by atoms with van der Waals surface area (Å²) in [7, 11) is 4.76. The molecule has 0 atom stereocenters. The first kappa shape index (κ1) is 9.46. The molecule has 3 heteroatoms. The molecule has 60 valence electrons. The van der Waals surface area contributed by atoms with Crippen molar-refractivity contribution in [1.82, 2.24) is 0 Å². The summed E-state index contributed by atoms with van der Waals surface area (Å²) >= 11 is 0. The van der Waals surface area contributed by atoms with Crippen LogP contribution in [0, 0.1) is 0 Å². The molecule has 10 heavy (non-hydrogen) atoms. The molecule has 0 aromatic rings. The molecule has 0 aliphatic rings. The third-order valence-electron chi connectivity index (χ3n) is 1.16. The second-order valence-corrected chi connectivity index (χ2v) is 1.82. The van der Waals surface area contributed by atoms with E-state index >= 15 is 0 Å². The van der Waals surface area contributed by atoms with E-state index in [0.29, 0.717) is 0 Å². The van der Waals surface area contributed by atoms with Gasteiger partial charge in [0.15, 0.2) is 6.29 Å². The minimum atomic E-state index is -0.306. The summed E-state index contributed by atoms with van der Waals surface area (Å²) in [5, 5.41) is 0. The Kier molecular flexibility index (Phi) is 4.98. The fourth-order valence-electron chi connectivity index (χ4n) is 0.492. The summed E-state index contributed by atoms with van der Waals surface area (Å²) in [6, 6.07) is 0. The highest BCUT2D eigenvalue weighted by molar-refractivity contribution is 4.90. The maximum absolute atomic E-state index is 4.89. The normalized spacial score (nSPS) is 12.3. The van der Waals surface area contributed by atoms with Gasteiger partial charge >= 0.3 is 0 Å². The van der Waals surface area contributed by atoms with Gasteiger partial charge in [0.1, 0.15) is 0 Å². The van der Waals surface area contributed by atoms with Crippen molar-refractivity contribution in [3.63, 3.8) is 0 Å². The van der Waals surface area contributed by atoms with Gasteiger partial charge in [-0.25, -0.2) is 0 Å². The molecule has 0 aliphatic carbocycles. The zero-order valence-electron chi connectivity index (χ0n) is 6.88. The minimum Gasteiger partial charge on any atom is -0.502 e. The highest BCUT2D eigenvalue weighted by Gasteiger charge is 1.99. The van der Waals surface area contributed by atoms with Crippen LogP contribution < -0.4 is 0 Å². The van der Waals surface area contributed by atoms with Crippen molar-refractivity contribution in [2.45, 2.75) is 13.2 Å². The van der Waals surface area contributed by atoms with Crippen molar-refractivity contribution in [1.29, 1.82) is 0 Å². The summed E-state index contributed by atoms with van der Waals surface area (Å²) in [6.07, 6.45) is 1.44. The van der Waals surface area contributed by atoms with Gasteiger partial charge in [-0.2, -0.15) is 0 Å². The molecule has 0 saturated carbocycles. The van der Waals surface area contributed by atoms with E-state index in [1.165, 1.54) is 0 Å². The number of ether oxygens (including phenoxy) is 3. The Labute approximate surface area is 61.6 Å². The van der Waals surface area contributed by atoms with Crippen LogP contribution in [0.4, 0.5) is 0 Å². The van der Waals surface area contributed by atoms with Gasteiger partial charge in [-0.05, 0) is 6.92 Å². The van der Waals surface area contributed by atoms with E-state index in [0.717, 1.165) is 5.76 Å². The summed E-state index contributed by atoms with van der Waals surface area (Å²) in [5.74, 6) is 0.786. The average Bonchev–Trinajstić information content (AvgIpc) is 1.99. The lowest BCUT2D eigenvalue weighted by Crippen LogP contribution is -2.09. The first-order valence-corrected chi connectivity index (χ1v) is 3.02. The average molecular weight is 146 g/mol. The number of allylic oxidation sites excluding steroid dienone is 1. The van der Waals surface area contributed by atoms with Crippen LogP contribution in [-0.2, 0) is 14.2 Å². The van der Waals surface area contributed by atoms with E-state index in [-0.39, 0.29) is 6.29 Å². The molecular weight excluding hydrogens is 132 g/mol. The van der Waals surface area contributed by atoms with E-state index < -0.39 is 0 Å². The fourth-order valence-corrected chi connectivity index (χ4v) is 0.492. The quantitative estimate of drug-likeness (QED) is 0.440. The van der Waals surface area contributed by atoms with E-state index in [2.05, 4.69) is 0 Å². The molecule has 3 nitrogen and oxygen atoms in total. The zero-order valence-corrected chi connectivity index (χ0v) is 6.88. The highest BCUT2D eigenvalue weighted by atomic mass is 16.7. The van der Waals surface area contributed by atoms with Gasteiger partial charge in [-0.1, -0.05) is 0 Å². The van der Waals surface area contributed by atoms with Crippen LogP contribution in [0.25, 0.3) is 0 Å². The first-order valence-electron chi connectivity index (χ1n) is 3.02. The third-order valence-corrected chi connectivity index (χ3v) is 1.16. The second-order valence-electron chi connectivity index (χ2n) is 1.82. The molecule has 0 N–H and O–H groups in total. The predicted octanol–water partition coefficient (Wildman–Crippen LogP) is 1.16. The maximum atomic E-state index is 4.89. The molecule has 0 unspecified atom stereocenters. The van der Waals surface area contributed by atoms with Gasteiger partial charge in [0.25, 0.3) is 0 Å². The Morgan fingerprint density at radius 1 is 1.20 bits per heavy atom. The molecule has 0 fully saturated rings. The van der Waals surface area contributed by atoms with Crippen LogP contribution in [0.3, 0.4) is 0 Å². The van der Waals surface area contributed by atoms with Gasteiger partial charge in [-0.3, -0.25) is 0 Å². The predicted molar refractivity (Wildman–Crippen MR) is 38.6 cm³/mol. The largest absolute Gasteiger partial charge is 0.502 e. The standard InChI is InChI=1S/C7H14O3/c1-6(8-2)5-7(9-3)10-4/h5,7H,1-4H3/b6-5-. The van der Waals surface area contributed by atoms with Crippen molar-refractivity contribution in [3.8, 4) is 0 Å². The van der Waals surface area contributed by atoms with Gasteiger partial charge in [0, 0.05) is 20.3 Å². The lowest BCUT2D eigenvalue weighted by Gasteiger charge is -2.08. The van der Waals surface area contributed by atoms with Gasteiger partial charge in [0.2, 0.25) is 0 Å². The number of hydrogen-bond donors (Lipinski definition) is 0. The Morgan fingerprint density at radius 2 is 1.70 bits per heavy atom. The van der Waals surface area contributed by atoms with E-state index in [1.54, 1.807) is 27.4 Å². The molecular formula is C7H14O3. The Morgan fingerprint density at radius 3 is 2.00 bits per heavy atom. The van der Waals surface area contributed by atoms with Gasteiger partial charge in [0.05, 0.1) is 12.9 Å². The van der Waals surface area contributed by atoms with Crippen LogP contribution in [0.2, 0.25) is 0 Å². The summed E-state index contributed by atoms with van der Waals surface area (Å²) < 4.78 is 14.7. The van der Waals surface area contributed by atoms with Crippen LogP contribution in [0.15, 0.2) is 11.8 Å². The molecule has 0 spiro atoms. The summed E-state index contributed by atoms with van der Waals surface area (Å²) in [5.41, 5.74) is 0. The first-order chi connectivity index (χ1) is 4.74. The third kappa shape index (κ3) is 3.48. The molecule has 0 radical (unpaired) electrons. The van der Waals surface area contributed by atoms with Crippen molar-refractivity contribution in [2.75, 3.05) is 21.3 Å².